The molecule has 0 aliphatic heterocycles. The SMILES string of the molecule is CN(C)C(=O)CN(C)C(=O)Nc1ccc(O)cc1C(=O)O. The van der Waals surface area contributed by atoms with E-state index in [1.54, 1.807) is 14.1 Å². The van der Waals surface area contributed by atoms with Crippen LogP contribution in [0.2, 0.25) is 0 Å². The number of rotatable bonds is 4. The molecular weight excluding hydrogens is 278 g/mol. The lowest BCUT2D eigenvalue weighted by Crippen LogP contribution is -2.40. The van der Waals surface area contributed by atoms with Crippen LogP contribution in [0.4, 0.5) is 10.5 Å². The summed E-state index contributed by atoms with van der Waals surface area (Å²) in [5.41, 5.74) is -0.204. The van der Waals surface area contributed by atoms with Crippen molar-refractivity contribution in [2.45, 2.75) is 0 Å². The third-order valence-electron chi connectivity index (χ3n) is 2.69. The van der Waals surface area contributed by atoms with E-state index in [1.807, 2.05) is 0 Å². The molecule has 0 fully saturated rings. The Kier molecular flexibility index (Phi) is 5.12. The lowest BCUT2D eigenvalue weighted by atomic mass is 10.1. The zero-order chi connectivity index (χ0) is 16.2. The molecule has 3 N–H and O–H groups in total. The van der Waals surface area contributed by atoms with Crippen molar-refractivity contribution in [3.05, 3.63) is 23.8 Å². The fourth-order valence-corrected chi connectivity index (χ4v) is 1.44. The summed E-state index contributed by atoms with van der Waals surface area (Å²) in [6.45, 7) is -0.140. The van der Waals surface area contributed by atoms with E-state index < -0.39 is 12.0 Å². The Hall–Kier alpha value is -2.77. The Bertz CT molecular complexity index is 571. The first-order valence-corrected chi connectivity index (χ1v) is 6.01. The van der Waals surface area contributed by atoms with Crippen LogP contribution < -0.4 is 5.32 Å². The monoisotopic (exact) mass is 295 g/mol. The molecule has 0 radical (unpaired) electrons. The predicted octanol–water partition coefficient (Wildman–Crippen LogP) is 0.642. The molecule has 21 heavy (non-hydrogen) atoms. The Morgan fingerprint density at radius 1 is 1.19 bits per heavy atom. The van der Waals surface area contributed by atoms with Gasteiger partial charge in [-0.05, 0) is 18.2 Å². The van der Waals surface area contributed by atoms with Crippen molar-refractivity contribution in [3.63, 3.8) is 0 Å². The van der Waals surface area contributed by atoms with Gasteiger partial charge >= 0.3 is 12.0 Å². The van der Waals surface area contributed by atoms with E-state index in [0.717, 1.165) is 11.0 Å². The van der Waals surface area contributed by atoms with Gasteiger partial charge in [0.1, 0.15) is 12.3 Å². The summed E-state index contributed by atoms with van der Waals surface area (Å²) in [5.74, 6) is -1.77. The maximum absolute atomic E-state index is 11.9. The summed E-state index contributed by atoms with van der Waals surface area (Å²) in [4.78, 5) is 36.9. The van der Waals surface area contributed by atoms with Gasteiger partial charge < -0.3 is 25.3 Å². The summed E-state index contributed by atoms with van der Waals surface area (Å²) < 4.78 is 0. The smallest absolute Gasteiger partial charge is 0.337 e. The Morgan fingerprint density at radius 3 is 2.33 bits per heavy atom. The number of aromatic carboxylic acids is 1. The Labute approximate surface area is 121 Å². The summed E-state index contributed by atoms with van der Waals surface area (Å²) in [7, 11) is 4.55. The first-order valence-electron chi connectivity index (χ1n) is 6.01. The van der Waals surface area contributed by atoms with Crippen molar-refractivity contribution >= 4 is 23.6 Å². The standard InChI is InChI=1S/C13H17N3O5/c1-15(2)11(18)7-16(3)13(21)14-10-5-4-8(17)6-9(10)12(19)20/h4-6,17H,7H2,1-3H3,(H,14,21)(H,19,20). The van der Waals surface area contributed by atoms with Gasteiger partial charge in [-0.2, -0.15) is 0 Å². The van der Waals surface area contributed by atoms with Crippen molar-refractivity contribution in [2.75, 3.05) is 33.0 Å². The Balaban J connectivity index is 2.84. The molecule has 0 spiro atoms. The number of phenolic OH excluding ortho intramolecular Hbond substituents is 1. The van der Waals surface area contributed by atoms with Gasteiger partial charge in [0.05, 0.1) is 11.3 Å². The largest absolute Gasteiger partial charge is 0.508 e. The van der Waals surface area contributed by atoms with E-state index in [2.05, 4.69) is 5.32 Å². The quantitative estimate of drug-likeness (QED) is 0.706. The molecule has 8 heteroatoms. The molecule has 0 bridgehead atoms. The zero-order valence-electron chi connectivity index (χ0n) is 12.0. The number of nitrogens with zero attached hydrogens (tertiary/aromatic N) is 2. The van der Waals surface area contributed by atoms with Crippen LogP contribution in [0.5, 0.6) is 5.75 Å². The maximum atomic E-state index is 11.9. The highest BCUT2D eigenvalue weighted by Gasteiger charge is 2.17. The van der Waals surface area contributed by atoms with Crippen LogP contribution >= 0.6 is 0 Å². The molecule has 8 nitrogen and oxygen atoms in total. The lowest BCUT2D eigenvalue weighted by molar-refractivity contribution is -0.129. The minimum atomic E-state index is -1.28. The molecule has 0 saturated heterocycles. The van der Waals surface area contributed by atoms with Crippen molar-refractivity contribution in [2.24, 2.45) is 0 Å². The molecule has 1 aromatic rings. The number of aromatic hydroxyl groups is 1. The van der Waals surface area contributed by atoms with Crippen LogP contribution in [0.15, 0.2) is 18.2 Å². The zero-order valence-corrected chi connectivity index (χ0v) is 12.0. The van der Waals surface area contributed by atoms with Crippen LogP contribution in [0, 0.1) is 0 Å². The first kappa shape index (κ1) is 16.3. The van der Waals surface area contributed by atoms with Gasteiger partial charge in [0.25, 0.3) is 0 Å². The lowest BCUT2D eigenvalue weighted by Gasteiger charge is -2.20. The molecule has 0 atom stereocenters. The van der Waals surface area contributed by atoms with Gasteiger partial charge in [-0.25, -0.2) is 9.59 Å². The number of urea groups is 1. The number of benzene rings is 1. The van der Waals surface area contributed by atoms with Crippen molar-refractivity contribution in [1.82, 2.24) is 9.80 Å². The molecule has 0 saturated carbocycles. The van der Waals surface area contributed by atoms with Crippen LogP contribution in [-0.4, -0.2) is 65.6 Å². The topological polar surface area (TPSA) is 110 Å². The molecule has 0 aliphatic carbocycles. The molecule has 0 aliphatic rings. The molecule has 3 amide bonds. The highest BCUT2D eigenvalue weighted by molar-refractivity contribution is 6.00. The second kappa shape index (κ2) is 6.60. The van der Waals surface area contributed by atoms with Crippen molar-refractivity contribution in [1.29, 1.82) is 0 Å². The van der Waals surface area contributed by atoms with E-state index in [9.17, 15) is 19.5 Å². The molecule has 1 aromatic carbocycles. The van der Waals surface area contributed by atoms with Gasteiger partial charge in [0.15, 0.2) is 0 Å². The summed E-state index contributed by atoms with van der Waals surface area (Å²) >= 11 is 0. The van der Waals surface area contributed by atoms with E-state index in [1.165, 1.54) is 24.1 Å². The fraction of sp³-hybridized carbons (Fsp3) is 0.308. The summed E-state index contributed by atoms with van der Waals surface area (Å²) in [6, 6.07) is 2.94. The van der Waals surface area contributed by atoms with Crippen LogP contribution in [0.25, 0.3) is 0 Å². The first-order chi connectivity index (χ1) is 9.72. The number of nitrogens with one attached hydrogen (secondary N) is 1. The third-order valence-corrected chi connectivity index (χ3v) is 2.69. The highest BCUT2D eigenvalue weighted by Crippen LogP contribution is 2.21. The molecule has 0 aromatic heterocycles. The van der Waals surface area contributed by atoms with E-state index >= 15 is 0 Å². The van der Waals surface area contributed by atoms with Crippen LogP contribution in [0.1, 0.15) is 10.4 Å². The van der Waals surface area contributed by atoms with Gasteiger partial charge in [-0.1, -0.05) is 0 Å². The second-order valence-electron chi connectivity index (χ2n) is 4.61. The van der Waals surface area contributed by atoms with Gasteiger partial charge in [-0.15, -0.1) is 0 Å². The average Bonchev–Trinajstić information content (AvgIpc) is 2.40. The number of likely N-dealkylation sites (N-methyl/N-ethyl adjacent to an activating group) is 2. The summed E-state index contributed by atoms with van der Waals surface area (Å²) in [5, 5.41) is 20.7. The third kappa shape index (κ3) is 4.37. The number of carboxylic acid groups (broad SMARTS) is 1. The number of carbonyl (C=O) groups is 3. The number of anilines is 1. The number of hydrogen-bond donors (Lipinski definition) is 3. The fourth-order valence-electron chi connectivity index (χ4n) is 1.44. The molecule has 0 unspecified atom stereocenters. The van der Waals surface area contributed by atoms with E-state index in [-0.39, 0.29) is 29.5 Å². The number of carboxylic acids is 1. The minimum Gasteiger partial charge on any atom is -0.508 e. The Morgan fingerprint density at radius 2 is 1.81 bits per heavy atom. The summed E-state index contributed by atoms with van der Waals surface area (Å²) in [6.07, 6.45) is 0. The van der Waals surface area contributed by atoms with Crippen molar-refractivity contribution in [3.8, 4) is 5.75 Å². The van der Waals surface area contributed by atoms with Crippen LogP contribution in [-0.2, 0) is 4.79 Å². The molecular formula is C13H17N3O5. The maximum Gasteiger partial charge on any atom is 0.337 e. The van der Waals surface area contributed by atoms with Gasteiger partial charge in [0.2, 0.25) is 5.91 Å². The van der Waals surface area contributed by atoms with E-state index in [4.69, 9.17) is 5.11 Å². The second-order valence-corrected chi connectivity index (χ2v) is 4.61. The van der Waals surface area contributed by atoms with Crippen molar-refractivity contribution < 1.29 is 24.6 Å². The van der Waals surface area contributed by atoms with Gasteiger partial charge in [-0.3, -0.25) is 4.79 Å². The predicted molar refractivity (Wildman–Crippen MR) is 75.4 cm³/mol. The average molecular weight is 295 g/mol. The highest BCUT2D eigenvalue weighted by atomic mass is 16.4. The minimum absolute atomic E-state index is 0.0365. The van der Waals surface area contributed by atoms with Gasteiger partial charge in [0, 0.05) is 21.1 Å². The molecule has 1 rings (SSSR count). The number of carbonyl (C=O) groups excluding carboxylic acids is 2. The molecule has 114 valence electrons. The number of amides is 3. The number of hydrogen-bond acceptors (Lipinski definition) is 4. The number of phenols is 1. The van der Waals surface area contributed by atoms with E-state index in [0.29, 0.717) is 0 Å². The normalized spacial score (nSPS) is 9.86. The molecule has 0 heterocycles. The van der Waals surface area contributed by atoms with Crippen LogP contribution in [0.3, 0.4) is 0 Å².